The topological polar surface area (TPSA) is 202 Å². The molecule has 0 aliphatic carbocycles. The first-order valence-corrected chi connectivity index (χ1v) is 20.6. The maximum atomic E-state index is 13.2. The molecule has 3 unspecified atom stereocenters. The van der Waals surface area contributed by atoms with E-state index in [1.54, 1.807) is 19.1 Å². The van der Waals surface area contributed by atoms with Crippen molar-refractivity contribution < 1.29 is 49.7 Å². The summed E-state index contributed by atoms with van der Waals surface area (Å²) in [4.78, 5) is 73.5. The van der Waals surface area contributed by atoms with Gasteiger partial charge < -0.3 is 20.1 Å². The first-order chi connectivity index (χ1) is 24.4. The molecule has 4 aliphatic rings. The molecule has 4 bridgehead atoms. The van der Waals surface area contributed by atoms with Crippen LogP contribution in [0.4, 0.5) is 0 Å². The molecule has 17 nitrogen and oxygen atoms in total. The zero-order chi connectivity index (χ0) is 36.5. The molecule has 1 aromatic rings. The smallest absolute Gasteiger partial charge is 0.426 e. The monoisotopic (exact) mass is 772 g/mol. The van der Waals surface area contributed by atoms with Gasteiger partial charge in [-0.2, -0.15) is 0 Å². The summed E-state index contributed by atoms with van der Waals surface area (Å²) in [7, 11) is -1.61. The van der Waals surface area contributed by atoms with Gasteiger partial charge in [-0.15, -0.1) is 0 Å². The molecule has 4 fully saturated rings. The Kier molecular flexibility index (Phi) is 14.5. The number of aliphatic hydroxyl groups is 1. The molecule has 4 saturated heterocycles. The van der Waals surface area contributed by atoms with Gasteiger partial charge in [0.1, 0.15) is 6.23 Å². The van der Waals surface area contributed by atoms with E-state index >= 15 is 0 Å². The number of ketones is 1. The summed E-state index contributed by atoms with van der Waals surface area (Å²) in [6, 6.07) is 6.40. The van der Waals surface area contributed by atoms with Crippen LogP contribution in [0.15, 0.2) is 24.3 Å². The minimum atomic E-state index is -3.93. The molecule has 4 heterocycles. The second-order valence-corrected chi connectivity index (χ2v) is 16.3. The van der Waals surface area contributed by atoms with Crippen LogP contribution in [0.1, 0.15) is 43.5 Å². The van der Waals surface area contributed by atoms with Crippen molar-refractivity contribution in [2.75, 3.05) is 85.1 Å². The van der Waals surface area contributed by atoms with Crippen molar-refractivity contribution in [1.29, 1.82) is 0 Å². The number of nitrogens with one attached hydrogen (secondary N) is 1. The largest absolute Gasteiger partial charge is 0.475 e. The van der Waals surface area contributed by atoms with Gasteiger partial charge in [0.05, 0.1) is 12.0 Å². The first-order valence-electron chi connectivity index (χ1n) is 17.6. The van der Waals surface area contributed by atoms with Crippen LogP contribution < -0.4 is 5.32 Å². The number of aliphatic hydroxyl groups excluding tert-OH is 1. The summed E-state index contributed by atoms with van der Waals surface area (Å²) >= 11 is -3.93. The Bertz CT molecular complexity index is 1360. The van der Waals surface area contributed by atoms with Gasteiger partial charge in [-0.3, -0.25) is 10.1 Å². The molecule has 5 rings (SSSR count). The number of hydrogen-bond donors (Lipinski definition) is 4. The Morgan fingerprint density at radius 1 is 0.843 bits per heavy atom. The quantitative estimate of drug-likeness (QED) is 0.139. The van der Waals surface area contributed by atoms with E-state index in [4.69, 9.17) is 10.6 Å². The van der Waals surface area contributed by atoms with Crippen molar-refractivity contribution in [2.45, 2.75) is 50.8 Å². The fourth-order valence-corrected chi connectivity index (χ4v) is 8.90. The van der Waals surface area contributed by atoms with E-state index in [1.807, 2.05) is 31.7 Å². The van der Waals surface area contributed by atoms with E-state index < -0.39 is 60.5 Å². The average Bonchev–Trinajstić information content (AvgIpc) is 3.57. The van der Waals surface area contributed by atoms with Crippen molar-refractivity contribution in [3.8, 4) is 0 Å². The zero-order valence-electron chi connectivity index (χ0n) is 29.1. The van der Waals surface area contributed by atoms with Crippen molar-refractivity contribution in [2.24, 2.45) is 0 Å². The Hall–Kier alpha value is -2.85. The van der Waals surface area contributed by atoms with E-state index in [0.717, 1.165) is 5.56 Å². The number of carbonyl (C=O) groups excluding carboxylic acids is 5. The molecule has 0 saturated carbocycles. The number of nitrogens with zero attached hydrogens (tertiary/aromatic N) is 5. The van der Waals surface area contributed by atoms with Crippen molar-refractivity contribution in [3.05, 3.63) is 35.4 Å². The predicted octanol–water partition coefficient (Wildman–Crippen LogP) is -2.98. The van der Waals surface area contributed by atoms with Crippen LogP contribution in [-0.4, -0.2) is 191 Å². The van der Waals surface area contributed by atoms with Gasteiger partial charge in [0.2, 0.25) is 5.91 Å². The van der Waals surface area contributed by atoms with Crippen LogP contribution in [0.3, 0.4) is 0 Å². The Morgan fingerprint density at radius 3 is 1.86 bits per heavy atom. The Morgan fingerprint density at radius 2 is 1.35 bits per heavy atom. The number of carbonyl (C=O) groups is 5. The maximum absolute atomic E-state index is 13.2. The van der Waals surface area contributed by atoms with Crippen LogP contribution in [0.5, 0.6) is 0 Å². The molecule has 1 amide bonds. The van der Waals surface area contributed by atoms with Gasteiger partial charge in [0.15, 0.2) is 0 Å². The van der Waals surface area contributed by atoms with E-state index in [-0.39, 0.29) is 37.9 Å². The normalized spacial score (nSPS) is 26.5. The number of amides is 1. The summed E-state index contributed by atoms with van der Waals surface area (Å²) in [5.41, 5.74) is 1.46. The van der Waals surface area contributed by atoms with Gasteiger partial charge in [0, 0.05) is 6.54 Å². The van der Waals surface area contributed by atoms with Crippen LogP contribution in [0.25, 0.3) is 0 Å². The van der Waals surface area contributed by atoms with Gasteiger partial charge in [-0.1, -0.05) is 24.3 Å². The number of aryl methyl sites for hydroxylation is 1. The minimum Gasteiger partial charge on any atom is -0.426 e. The van der Waals surface area contributed by atoms with Gasteiger partial charge in [-0.25, -0.2) is 0 Å². The molecule has 1 aromatic carbocycles. The zero-order valence-corrected chi connectivity index (χ0v) is 31.5. The fraction of sp³-hybridized carbons (Fsp3) is 0.656. The number of fused-ring (bicyclic) bond motifs is 7. The maximum Gasteiger partial charge on any atom is 0.475 e. The van der Waals surface area contributed by atoms with Crippen molar-refractivity contribution >= 4 is 54.0 Å². The molecule has 0 aromatic heterocycles. The van der Waals surface area contributed by atoms with Crippen LogP contribution in [-0.2, 0) is 41.0 Å². The predicted molar refractivity (Wildman–Crippen MR) is 182 cm³/mol. The Balaban J connectivity index is 1.15. The standard InChI is InChI=1S/C32H51BN6O11.Ga/c1-23(32(48)39-10-2-3-27(39)33(49)50)34-31(47)25-7-4-24(5-8-25)6-9-26(40)19-35-11-13-36(20-28(41)42)15-17-38(22-30(45)46)18-16-37(14-12-35)21-29(43)44;/h4-5,7-8,23,27,31,34,47,49-50H,2-3,6,9-22H2,1H3,(H,41,42)(H,43,44)(H,45,46);/q;+3/p-3/t23-,27+,31?;/m1./s1. The third-order valence-electron chi connectivity index (χ3n) is 9.76. The van der Waals surface area contributed by atoms with Gasteiger partial charge >= 0.3 is 194 Å². The second kappa shape index (κ2) is 18.8. The molecular formula is C32H48BGaN6O11. The summed E-state index contributed by atoms with van der Waals surface area (Å²) in [5, 5.41) is 32.8. The summed E-state index contributed by atoms with van der Waals surface area (Å²) in [6.07, 6.45) is 0.847. The van der Waals surface area contributed by atoms with Crippen LogP contribution in [0.2, 0.25) is 0 Å². The second-order valence-electron chi connectivity index (χ2n) is 13.6. The van der Waals surface area contributed by atoms with Crippen molar-refractivity contribution in [1.82, 2.24) is 29.8 Å². The third-order valence-corrected chi connectivity index (χ3v) is 12.6. The average molecular weight is 773 g/mol. The summed E-state index contributed by atoms with van der Waals surface area (Å²) in [6.45, 7) is 6.19. The Labute approximate surface area is 304 Å². The van der Waals surface area contributed by atoms with E-state index in [0.29, 0.717) is 90.1 Å². The molecule has 51 heavy (non-hydrogen) atoms. The molecule has 4 aliphatic heterocycles. The first kappa shape index (κ1) is 39.4. The van der Waals surface area contributed by atoms with Gasteiger partial charge in [-0.05, 0) is 25.3 Å². The number of rotatable bonds is 10. The molecule has 0 radical (unpaired) electrons. The number of Topliss-reactive ketones (excluding diaryl/α,β-unsaturated/α-hetero) is 1. The molecule has 5 atom stereocenters. The van der Waals surface area contributed by atoms with E-state index in [9.17, 15) is 39.1 Å². The number of hydrogen-bond acceptors (Lipinski definition) is 16. The van der Waals surface area contributed by atoms with E-state index in [1.165, 1.54) is 4.90 Å². The summed E-state index contributed by atoms with van der Waals surface area (Å²) < 4.78 is 16.1. The van der Waals surface area contributed by atoms with E-state index in [2.05, 4.69) is 5.32 Å². The number of likely N-dealkylation sites (tertiary alicyclic amines) is 1. The van der Waals surface area contributed by atoms with Crippen molar-refractivity contribution in [3.63, 3.8) is 0 Å². The van der Waals surface area contributed by atoms with Gasteiger partial charge in [0.25, 0.3) is 0 Å². The third kappa shape index (κ3) is 11.8. The summed E-state index contributed by atoms with van der Waals surface area (Å²) in [5.74, 6) is -2.72. The SMILES string of the molecule is C[C@@H](NC(O)c1ccc(CCC(=O)CN2CCN3CCN4CCN(CC2)CC(=O)[O][Ga]([O]C(=O)C3)[O]C(=O)C4)cc1)C(=O)N1CCC[C@H]1B(O)O. The molecule has 278 valence electrons. The molecular weight excluding hydrogens is 725 g/mol. The molecule has 0 spiro atoms. The minimum absolute atomic E-state index is 0.0113. The fourth-order valence-electron chi connectivity index (χ4n) is 6.77. The van der Waals surface area contributed by atoms with Crippen LogP contribution >= 0.6 is 0 Å². The number of benzene rings is 1. The van der Waals surface area contributed by atoms with Crippen LogP contribution in [0, 0.1) is 0 Å². The molecule has 19 heteroatoms. The molecule has 4 N–H and O–H groups in total.